The SMILES string of the molecule is CC1(C)CC[C@]2(C(=O)O[C@@H]3O[C@H](CO[C@@H]4O[C@H](CO)[C@@H](O)[C@H](O)[C@H]4O)[C@@H](O)[C@H](O)[C@H]3O)CC[C@]3(C)C(=CC[C@@H]4[C@@]5(C)CC[C@H](O[C@@H]6O[C@H](C(=O)O)[C@@H](O)[C@H](O[C@H]7OC[C@H](O)[C@H](O)[C@H]7O)[C@H]6O)C(C)(C)[C@@H]5CC[C@]43C)[C@H]2C1. The predicted molar refractivity (Wildman–Crippen MR) is 257 cm³/mol. The quantitative estimate of drug-likeness (QED) is 0.0649. The van der Waals surface area contributed by atoms with Gasteiger partial charge in [0.1, 0.15) is 85.5 Å². The minimum Gasteiger partial charge on any atom is -0.479 e. The summed E-state index contributed by atoms with van der Waals surface area (Å²) in [5.74, 6) is -2.12. The molecule has 0 radical (unpaired) electrons. The van der Waals surface area contributed by atoms with E-state index in [1.165, 1.54) is 5.57 Å². The maximum absolute atomic E-state index is 15.1. The average molecular weight is 1090 g/mol. The number of allylic oxidation sites excluding steroid dienone is 2. The molecule has 9 rings (SSSR count). The van der Waals surface area contributed by atoms with E-state index in [-0.39, 0.29) is 39.4 Å². The molecule has 13 N–H and O–H groups in total. The molecule has 23 nitrogen and oxygen atoms in total. The second kappa shape index (κ2) is 21.0. The van der Waals surface area contributed by atoms with E-state index in [9.17, 15) is 71.2 Å². The van der Waals surface area contributed by atoms with Crippen LogP contribution in [0.15, 0.2) is 11.6 Å². The third-order valence-electron chi connectivity index (χ3n) is 21.0. The fraction of sp³-hybridized carbons (Fsp3) is 0.925. The number of carbonyl (C=O) groups excluding carboxylic acids is 1. The van der Waals surface area contributed by atoms with E-state index in [0.717, 1.165) is 19.3 Å². The largest absolute Gasteiger partial charge is 0.479 e. The average Bonchev–Trinajstić information content (AvgIpc) is 3.54. The van der Waals surface area contributed by atoms with Gasteiger partial charge in [0, 0.05) is 0 Å². The highest BCUT2D eigenvalue weighted by atomic mass is 16.8. The van der Waals surface area contributed by atoms with Gasteiger partial charge in [-0.2, -0.15) is 0 Å². The predicted octanol–water partition coefficient (Wildman–Crippen LogP) is -1.30. The molecule has 0 aromatic rings. The van der Waals surface area contributed by atoms with Crippen LogP contribution < -0.4 is 0 Å². The number of fused-ring (bicyclic) bond motifs is 7. The smallest absolute Gasteiger partial charge is 0.335 e. The number of aliphatic hydroxyl groups excluding tert-OH is 12. The molecule has 0 aromatic heterocycles. The fourth-order valence-electron chi connectivity index (χ4n) is 16.1. The summed E-state index contributed by atoms with van der Waals surface area (Å²) >= 11 is 0. The third kappa shape index (κ3) is 9.52. The van der Waals surface area contributed by atoms with E-state index < -0.39 is 165 Å². The summed E-state index contributed by atoms with van der Waals surface area (Å²) in [4.78, 5) is 27.5. The summed E-state index contributed by atoms with van der Waals surface area (Å²) in [7, 11) is 0. The summed E-state index contributed by atoms with van der Waals surface area (Å²) in [5, 5.41) is 137. The summed E-state index contributed by atoms with van der Waals surface area (Å²) in [5.41, 5.74) is -1.35. The van der Waals surface area contributed by atoms with Crippen molar-refractivity contribution in [1.29, 1.82) is 0 Å². The molecule has 0 spiro atoms. The van der Waals surface area contributed by atoms with Gasteiger partial charge in [0.15, 0.2) is 25.0 Å². The van der Waals surface area contributed by atoms with E-state index in [4.69, 9.17) is 37.9 Å². The Morgan fingerprint density at radius 2 is 1.26 bits per heavy atom. The number of esters is 1. The second-order valence-corrected chi connectivity index (χ2v) is 25.9. The molecular formula is C53H84O23. The number of carboxylic acids is 1. The molecule has 4 aliphatic heterocycles. The molecule has 0 unspecified atom stereocenters. The number of carbonyl (C=O) groups is 2. The zero-order valence-electron chi connectivity index (χ0n) is 44.4. The molecule has 4 saturated carbocycles. The van der Waals surface area contributed by atoms with Gasteiger partial charge in [0.05, 0.1) is 31.3 Å². The van der Waals surface area contributed by atoms with Crippen molar-refractivity contribution < 1.29 is 114 Å². The third-order valence-corrected chi connectivity index (χ3v) is 21.0. The Morgan fingerprint density at radius 3 is 1.93 bits per heavy atom. The van der Waals surface area contributed by atoms with Crippen LogP contribution in [0.2, 0.25) is 0 Å². The first kappa shape index (κ1) is 58.6. The van der Waals surface area contributed by atoms with Gasteiger partial charge in [0.2, 0.25) is 6.29 Å². The highest BCUT2D eigenvalue weighted by molar-refractivity contribution is 5.79. The summed E-state index contributed by atoms with van der Waals surface area (Å²) < 4.78 is 46.6. The molecule has 8 fully saturated rings. The van der Waals surface area contributed by atoms with Gasteiger partial charge in [-0.1, -0.05) is 60.1 Å². The maximum Gasteiger partial charge on any atom is 0.335 e. The van der Waals surface area contributed by atoms with Crippen LogP contribution in [0.3, 0.4) is 0 Å². The molecule has 0 bridgehead atoms. The number of hydrogen-bond acceptors (Lipinski definition) is 22. The van der Waals surface area contributed by atoms with Crippen molar-refractivity contribution in [3.8, 4) is 0 Å². The summed E-state index contributed by atoms with van der Waals surface area (Å²) in [6.07, 6.45) is -23.4. The van der Waals surface area contributed by atoms with E-state index in [2.05, 4.69) is 54.5 Å². The van der Waals surface area contributed by atoms with Gasteiger partial charge < -0.3 is 104 Å². The van der Waals surface area contributed by atoms with Crippen molar-refractivity contribution in [2.75, 3.05) is 19.8 Å². The van der Waals surface area contributed by atoms with Gasteiger partial charge in [0.25, 0.3) is 0 Å². The Balaban J connectivity index is 0.920. The van der Waals surface area contributed by atoms with Crippen LogP contribution in [-0.2, 0) is 47.5 Å². The molecule has 23 heteroatoms. The number of rotatable bonds is 11. The first-order valence-electron chi connectivity index (χ1n) is 27.2. The summed E-state index contributed by atoms with van der Waals surface area (Å²) in [6.45, 7) is 14.0. The van der Waals surface area contributed by atoms with Crippen molar-refractivity contribution in [3.05, 3.63) is 11.6 Å². The lowest BCUT2D eigenvalue weighted by molar-refractivity contribution is -0.357. The van der Waals surface area contributed by atoms with Crippen LogP contribution in [0.4, 0.5) is 0 Å². The zero-order chi connectivity index (χ0) is 55.6. The van der Waals surface area contributed by atoms with Crippen molar-refractivity contribution in [3.63, 3.8) is 0 Å². The first-order valence-corrected chi connectivity index (χ1v) is 27.2. The minimum absolute atomic E-state index is 0.0798. The summed E-state index contributed by atoms with van der Waals surface area (Å²) in [6, 6.07) is 0. The molecule has 27 atom stereocenters. The van der Waals surface area contributed by atoms with Gasteiger partial charge in [-0.05, 0) is 109 Å². The normalized spacial score (nSPS) is 52.9. The van der Waals surface area contributed by atoms with Crippen molar-refractivity contribution >= 4 is 11.9 Å². The molecule has 434 valence electrons. The fourth-order valence-corrected chi connectivity index (χ4v) is 16.1. The van der Waals surface area contributed by atoms with Gasteiger partial charge >= 0.3 is 11.9 Å². The monoisotopic (exact) mass is 1090 g/mol. The van der Waals surface area contributed by atoms with E-state index in [1.54, 1.807) is 0 Å². The van der Waals surface area contributed by atoms with Crippen LogP contribution in [0, 0.1) is 50.2 Å². The van der Waals surface area contributed by atoms with Crippen molar-refractivity contribution in [1.82, 2.24) is 0 Å². The maximum atomic E-state index is 15.1. The van der Waals surface area contributed by atoms with Crippen molar-refractivity contribution in [2.45, 2.75) is 235 Å². The Bertz CT molecular complexity index is 2140. The van der Waals surface area contributed by atoms with Crippen LogP contribution >= 0.6 is 0 Å². The lowest BCUT2D eigenvalue weighted by Gasteiger charge is -2.71. The van der Waals surface area contributed by atoms with Crippen LogP contribution in [0.25, 0.3) is 0 Å². The van der Waals surface area contributed by atoms with Gasteiger partial charge in [-0.3, -0.25) is 4.79 Å². The topological polar surface area (TPSA) is 371 Å². The van der Waals surface area contributed by atoms with Gasteiger partial charge in [-0.25, -0.2) is 4.79 Å². The standard InChI is InChI=1S/C53H84O23/c1-48(2)14-16-53(47(68)76-45-37(63)34(60)32(58)26(72-45)21-70-43-36(62)33(59)31(57)25(19-54)71-43)17-15-51(6)22(23(53)18-48)8-9-28-50(5)12-11-29(49(3,4)27(50)10-13-52(28,51)7)73-46-39(65)40(38(64)41(75-46)42(66)67)74-44-35(61)30(56)24(55)20-69-44/h8,23-41,43-46,54-65H,9-21H2,1-7H3,(H,66,67)/t23-,24+,25-,26-,27+,28-,29+,30+,31-,32-,33+,34+,35-,36-,37-,38+,39-,40+,41+,43-,44-,45+,46-,50+,51-,52-,53+/m1/s1. The van der Waals surface area contributed by atoms with E-state index in [0.29, 0.717) is 44.9 Å². The number of aliphatic hydroxyl groups is 12. The number of aliphatic carboxylic acids is 1. The highest BCUT2D eigenvalue weighted by Crippen LogP contribution is 2.76. The molecule has 0 amide bonds. The lowest BCUT2D eigenvalue weighted by atomic mass is 9.33. The molecule has 5 aliphatic carbocycles. The highest BCUT2D eigenvalue weighted by Gasteiger charge is 2.70. The molecular weight excluding hydrogens is 1000 g/mol. The van der Waals surface area contributed by atoms with Crippen LogP contribution in [0.1, 0.15) is 113 Å². The number of hydrogen-bond donors (Lipinski definition) is 13. The molecule has 0 aromatic carbocycles. The number of ether oxygens (including phenoxy) is 8. The Labute approximate surface area is 442 Å². The van der Waals surface area contributed by atoms with Gasteiger partial charge in [-0.15, -0.1) is 0 Å². The number of carboxylic acid groups (broad SMARTS) is 1. The molecule has 4 saturated heterocycles. The van der Waals surface area contributed by atoms with E-state index >= 15 is 4.79 Å². The first-order chi connectivity index (χ1) is 35.5. The molecule has 9 aliphatic rings. The van der Waals surface area contributed by atoms with Crippen LogP contribution in [-0.4, -0.2) is 221 Å². The van der Waals surface area contributed by atoms with Crippen LogP contribution in [0.5, 0.6) is 0 Å². The lowest BCUT2D eigenvalue weighted by Crippen LogP contribution is -2.67. The zero-order valence-corrected chi connectivity index (χ0v) is 44.4. The second-order valence-electron chi connectivity index (χ2n) is 25.9. The van der Waals surface area contributed by atoms with E-state index in [1.807, 2.05) is 0 Å². The Hall–Kier alpha value is -2.08. The van der Waals surface area contributed by atoms with Crippen molar-refractivity contribution in [2.24, 2.45) is 50.2 Å². The molecule has 4 heterocycles. The Kier molecular flexibility index (Phi) is 16.2. The molecule has 76 heavy (non-hydrogen) atoms. The Morgan fingerprint density at radius 1 is 0.632 bits per heavy atom. The minimum atomic E-state index is -1.92.